The minimum Gasteiger partial charge on any atom is -0.361 e. The van der Waals surface area contributed by atoms with Gasteiger partial charge in [-0.15, -0.1) is 0 Å². The van der Waals surface area contributed by atoms with Gasteiger partial charge in [-0.1, -0.05) is 0 Å². The molecule has 0 atom stereocenters. The highest BCUT2D eigenvalue weighted by atomic mass is 19.3. The predicted molar refractivity (Wildman–Crippen MR) is 44.1 cm³/mol. The maximum Gasteiger partial charge on any atom is 0.257 e. The SMILES string of the molecule is O=C1N(CC(F)F)CCOC12CNC2. The van der Waals surface area contributed by atoms with Gasteiger partial charge in [0.2, 0.25) is 0 Å². The number of carbonyl (C=O) groups excluding carboxylic acids is 1. The van der Waals surface area contributed by atoms with Crippen LogP contribution in [-0.2, 0) is 9.53 Å². The maximum absolute atomic E-state index is 12.1. The van der Waals surface area contributed by atoms with E-state index in [1.54, 1.807) is 0 Å². The summed E-state index contributed by atoms with van der Waals surface area (Å²) in [6.45, 7) is 1.01. The molecule has 0 radical (unpaired) electrons. The second-order valence-corrected chi connectivity index (χ2v) is 3.59. The van der Waals surface area contributed by atoms with Crippen molar-refractivity contribution < 1.29 is 18.3 Å². The van der Waals surface area contributed by atoms with Gasteiger partial charge in [0.05, 0.1) is 13.2 Å². The van der Waals surface area contributed by atoms with Crippen LogP contribution in [0.3, 0.4) is 0 Å². The summed E-state index contributed by atoms with van der Waals surface area (Å²) in [4.78, 5) is 12.9. The smallest absolute Gasteiger partial charge is 0.257 e. The molecule has 4 nitrogen and oxygen atoms in total. The van der Waals surface area contributed by atoms with Crippen molar-refractivity contribution in [3.05, 3.63) is 0 Å². The normalized spacial score (nSPS) is 25.6. The Labute approximate surface area is 80.2 Å². The summed E-state index contributed by atoms with van der Waals surface area (Å²) in [5.41, 5.74) is -0.840. The van der Waals surface area contributed by atoms with Crippen LogP contribution < -0.4 is 5.32 Å². The third kappa shape index (κ3) is 1.48. The molecule has 2 aliphatic rings. The quantitative estimate of drug-likeness (QED) is 0.659. The molecule has 1 N–H and O–H groups in total. The van der Waals surface area contributed by atoms with Crippen molar-refractivity contribution in [3.63, 3.8) is 0 Å². The first-order chi connectivity index (χ1) is 6.64. The number of amides is 1. The second kappa shape index (κ2) is 3.43. The number of nitrogens with one attached hydrogen (secondary N) is 1. The molecule has 2 rings (SSSR count). The van der Waals surface area contributed by atoms with Crippen LogP contribution in [0.4, 0.5) is 8.78 Å². The van der Waals surface area contributed by atoms with Gasteiger partial charge < -0.3 is 15.0 Å². The Balaban J connectivity index is 2.01. The van der Waals surface area contributed by atoms with Gasteiger partial charge >= 0.3 is 0 Å². The van der Waals surface area contributed by atoms with Crippen LogP contribution in [0, 0.1) is 0 Å². The minimum absolute atomic E-state index is 0.269. The molecular weight excluding hydrogens is 194 g/mol. The molecular formula is C8H12F2N2O2. The Morgan fingerprint density at radius 2 is 2.29 bits per heavy atom. The highest BCUT2D eigenvalue weighted by molar-refractivity contribution is 5.87. The second-order valence-electron chi connectivity index (χ2n) is 3.59. The van der Waals surface area contributed by atoms with E-state index in [4.69, 9.17) is 4.74 Å². The first kappa shape index (κ1) is 9.79. The molecule has 2 aliphatic heterocycles. The minimum atomic E-state index is -2.47. The van der Waals surface area contributed by atoms with E-state index < -0.39 is 18.6 Å². The zero-order valence-corrected chi connectivity index (χ0v) is 7.63. The molecule has 0 aromatic carbocycles. The van der Waals surface area contributed by atoms with Crippen molar-refractivity contribution in [2.24, 2.45) is 0 Å². The summed E-state index contributed by atoms with van der Waals surface area (Å²) in [5.74, 6) is -0.303. The molecule has 14 heavy (non-hydrogen) atoms. The van der Waals surface area contributed by atoms with Crippen LogP contribution in [0.1, 0.15) is 0 Å². The number of carbonyl (C=O) groups is 1. The van der Waals surface area contributed by atoms with Crippen LogP contribution in [-0.4, -0.2) is 55.6 Å². The van der Waals surface area contributed by atoms with E-state index in [-0.39, 0.29) is 12.5 Å². The van der Waals surface area contributed by atoms with Crippen LogP contribution in [0.2, 0.25) is 0 Å². The predicted octanol–water partition coefficient (Wildman–Crippen LogP) is -0.548. The van der Waals surface area contributed by atoms with Gasteiger partial charge in [0, 0.05) is 19.6 Å². The van der Waals surface area contributed by atoms with Crippen molar-refractivity contribution in [3.8, 4) is 0 Å². The highest BCUT2D eigenvalue weighted by Gasteiger charge is 2.50. The number of hydrogen-bond donors (Lipinski definition) is 1. The Bertz CT molecular complexity index is 243. The van der Waals surface area contributed by atoms with E-state index in [1.165, 1.54) is 4.90 Å². The monoisotopic (exact) mass is 206 g/mol. The average molecular weight is 206 g/mol. The summed E-state index contributed by atoms with van der Waals surface area (Å²) >= 11 is 0. The van der Waals surface area contributed by atoms with Gasteiger partial charge in [-0.05, 0) is 0 Å². The lowest BCUT2D eigenvalue weighted by molar-refractivity contribution is -0.182. The van der Waals surface area contributed by atoms with Crippen LogP contribution in [0.25, 0.3) is 0 Å². The highest BCUT2D eigenvalue weighted by Crippen LogP contribution is 2.24. The topological polar surface area (TPSA) is 41.6 Å². The molecule has 1 spiro atoms. The third-order valence-corrected chi connectivity index (χ3v) is 2.60. The average Bonchev–Trinajstić information content (AvgIpc) is 2.05. The van der Waals surface area contributed by atoms with Crippen molar-refractivity contribution in [1.82, 2.24) is 10.2 Å². The summed E-state index contributed by atoms with van der Waals surface area (Å²) in [5, 5.41) is 2.92. The van der Waals surface area contributed by atoms with E-state index in [1.807, 2.05) is 0 Å². The number of nitrogens with zero attached hydrogens (tertiary/aromatic N) is 1. The third-order valence-electron chi connectivity index (χ3n) is 2.60. The van der Waals surface area contributed by atoms with Crippen LogP contribution in [0.15, 0.2) is 0 Å². The van der Waals surface area contributed by atoms with Crippen LogP contribution >= 0.6 is 0 Å². The van der Waals surface area contributed by atoms with Gasteiger partial charge in [-0.3, -0.25) is 4.79 Å². The van der Waals surface area contributed by atoms with E-state index in [2.05, 4.69) is 5.32 Å². The molecule has 0 unspecified atom stereocenters. The Morgan fingerprint density at radius 1 is 1.57 bits per heavy atom. The molecule has 0 aromatic rings. The fourth-order valence-corrected chi connectivity index (χ4v) is 1.75. The fraction of sp³-hybridized carbons (Fsp3) is 0.875. The largest absolute Gasteiger partial charge is 0.361 e. The molecule has 0 saturated carbocycles. The van der Waals surface area contributed by atoms with E-state index in [9.17, 15) is 13.6 Å². The number of rotatable bonds is 2. The maximum atomic E-state index is 12.1. The fourth-order valence-electron chi connectivity index (χ4n) is 1.75. The summed E-state index contributed by atoms with van der Waals surface area (Å²) < 4.78 is 29.6. The van der Waals surface area contributed by atoms with Crippen molar-refractivity contribution in [1.29, 1.82) is 0 Å². The van der Waals surface area contributed by atoms with Gasteiger partial charge in [0.1, 0.15) is 0 Å². The molecule has 0 aromatic heterocycles. The molecule has 6 heteroatoms. The number of morpholine rings is 1. The Morgan fingerprint density at radius 3 is 2.79 bits per heavy atom. The zero-order chi connectivity index (χ0) is 10.2. The Hall–Kier alpha value is -0.750. The lowest BCUT2D eigenvalue weighted by atomic mass is 9.93. The number of hydrogen-bond acceptors (Lipinski definition) is 3. The van der Waals surface area contributed by atoms with Crippen molar-refractivity contribution >= 4 is 5.91 Å². The van der Waals surface area contributed by atoms with Gasteiger partial charge in [0.25, 0.3) is 12.3 Å². The Kier molecular flexibility index (Phi) is 2.40. The van der Waals surface area contributed by atoms with Crippen molar-refractivity contribution in [2.45, 2.75) is 12.0 Å². The lowest BCUT2D eigenvalue weighted by Gasteiger charge is -2.47. The van der Waals surface area contributed by atoms with E-state index in [0.717, 1.165) is 0 Å². The molecule has 2 heterocycles. The van der Waals surface area contributed by atoms with Crippen molar-refractivity contribution in [2.75, 3.05) is 32.8 Å². The number of halogens is 2. The molecule has 1 amide bonds. The first-order valence-corrected chi connectivity index (χ1v) is 4.56. The standard InChI is InChI=1S/C8H12F2N2O2/c9-6(10)3-12-1-2-14-8(7(12)13)4-11-5-8/h6,11H,1-5H2. The zero-order valence-electron chi connectivity index (χ0n) is 7.63. The molecule has 2 fully saturated rings. The van der Waals surface area contributed by atoms with Gasteiger partial charge in [0.15, 0.2) is 5.60 Å². The van der Waals surface area contributed by atoms with E-state index >= 15 is 0 Å². The molecule has 2 saturated heterocycles. The summed E-state index contributed by atoms with van der Waals surface area (Å²) in [6.07, 6.45) is -2.47. The van der Waals surface area contributed by atoms with Gasteiger partial charge in [-0.25, -0.2) is 8.78 Å². The van der Waals surface area contributed by atoms with Gasteiger partial charge in [-0.2, -0.15) is 0 Å². The van der Waals surface area contributed by atoms with E-state index in [0.29, 0.717) is 19.7 Å². The molecule has 80 valence electrons. The van der Waals surface area contributed by atoms with Crippen LogP contribution in [0.5, 0.6) is 0 Å². The number of alkyl halides is 2. The molecule has 0 bridgehead atoms. The first-order valence-electron chi connectivity index (χ1n) is 4.56. The summed E-state index contributed by atoms with van der Waals surface area (Å²) in [6, 6.07) is 0. The molecule has 0 aliphatic carbocycles. The lowest BCUT2D eigenvalue weighted by Crippen LogP contribution is -2.72. The number of ether oxygens (including phenoxy) is 1. The summed E-state index contributed by atoms with van der Waals surface area (Å²) in [7, 11) is 0.